The maximum atomic E-state index is 13.4. The van der Waals surface area contributed by atoms with E-state index < -0.39 is 17.1 Å². The molecule has 1 aliphatic rings. The standard InChI is InChI=1S/C34H26Cl2N4O5S/c1-20(41)37-22-10-14-24(15-11-22)40-31(42)19-30(34(40)45)46-25-16-12-23(13-17-25)38-33(44)29(18-26-27(35)8-5-9-28(26)36)39-32(43)21-6-3-2-4-7-21/h2-18,30H,19H2,1H3,(H,37,41)(H,38,44)(H,39,43)/b29-18-. The molecule has 4 aromatic rings. The number of nitrogens with zero attached hydrogens (tertiary/aromatic N) is 1. The highest BCUT2D eigenvalue weighted by atomic mass is 35.5. The van der Waals surface area contributed by atoms with Crippen LogP contribution in [0.3, 0.4) is 0 Å². The van der Waals surface area contributed by atoms with Crippen molar-refractivity contribution in [2.45, 2.75) is 23.5 Å². The summed E-state index contributed by atoms with van der Waals surface area (Å²) >= 11 is 13.9. The minimum atomic E-state index is -0.633. The molecule has 1 atom stereocenters. The van der Waals surface area contributed by atoms with Crippen molar-refractivity contribution < 1.29 is 24.0 Å². The summed E-state index contributed by atoms with van der Waals surface area (Å²) in [5, 5.41) is 8.03. The lowest BCUT2D eigenvalue weighted by atomic mass is 10.1. The first kappa shape index (κ1) is 32.5. The van der Waals surface area contributed by atoms with Gasteiger partial charge in [-0.05, 0) is 78.9 Å². The minimum Gasteiger partial charge on any atom is -0.326 e. The molecule has 1 heterocycles. The molecular formula is C34H26Cl2N4O5S. The van der Waals surface area contributed by atoms with Crippen molar-refractivity contribution in [3.63, 3.8) is 0 Å². The molecule has 1 aliphatic heterocycles. The lowest BCUT2D eigenvalue weighted by molar-refractivity contribution is -0.121. The van der Waals surface area contributed by atoms with Crippen molar-refractivity contribution in [2.24, 2.45) is 0 Å². The highest BCUT2D eigenvalue weighted by Gasteiger charge is 2.40. The van der Waals surface area contributed by atoms with E-state index in [1.54, 1.807) is 97.1 Å². The SMILES string of the molecule is CC(=O)Nc1ccc(N2C(=O)CC(Sc3ccc(NC(=O)/C(=C/c4c(Cl)cccc4Cl)NC(=O)c4ccccc4)cc3)C2=O)cc1. The van der Waals surface area contributed by atoms with Crippen molar-refractivity contribution in [3.05, 3.63) is 124 Å². The van der Waals surface area contributed by atoms with Gasteiger partial charge < -0.3 is 16.0 Å². The van der Waals surface area contributed by atoms with Gasteiger partial charge in [0.15, 0.2) is 0 Å². The zero-order valence-electron chi connectivity index (χ0n) is 24.3. The summed E-state index contributed by atoms with van der Waals surface area (Å²) in [6.07, 6.45) is 1.43. The predicted octanol–water partition coefficient (Wildman–Crippen LogP) is 6.79. The molecular weight excluding hydrogens is 647 g/mol. The van der Waals surface area contributed by atoms with Crippen molar-refractivity contribution in [1.82, 2.24) is 5.32 Å². The van der Waals surface area contributed by atoms with Crippen LogP contribution in [0.15, 0.2) is 108 Å². The monoisotopic (exact) mass is 672 g/mol. The summed E-state index contributed by atoms with van der Waals surface area (Å²) in [5.41, 5.74) is 2.04. The third-order valence-electron chi connectivity index (χ3n) is 6.76. The second-order valence-electron chi connectivity index (χ2n) is 10.1. The summed E-state index contributed by atoms with van der Waals surface area (Å²) in [6.45, 7) is 1.39. The van der Waals surface area contributed by atoms with E-state index in [9.17, 15) is 24.0 Å². The van der Waals surface area contributed by atoms with E-state index in [1.165, 1.54) is 24.8 Å². The summed E-state index contributed by atoms with van der Waals surface area (Å²) in [7, 11) is 0. The van der Waals surface area contributed by atoms with Crippen LogP contribution < -0.4 is 20.9 Å². The molecule has 9 nitrogen and oxygen atoms in total. The lowest BCUT2D eigenvalue weighted by Crippen LogP contribution is -2.31. The fraction of sp³-hybridized carbons (Fsp3) is 0.0882. The van der Waals surface area contributed by atoms with Crippen LogP contribution in [0.1, 0.15) is 29.3 Å². The molecule has 5 rings (SSSR count). The maximum Gasteiger partial charge on any atom is 0.272 e. The van der Waals surface area contributed by atoms with E-state index in [0.717, 1.165) is 4.90 Å². The quantitative estimate of drug-likeness (QED) is 0.133. The molecule has 1 unspecified atom stereocenters. The third-order valence-corrected chi connectivity index (χ3v) is 8.62. The largest absolute Gasteiger partial charge is 0.326 e. The van der Waals surface area contributed by atoms with Crippen LogP contribution in [0.5, 0.6) is 0 Å². The van der Waals surface area contributed by atoms with E-state index in [2.05, 4.69) is 16.0 Å². The Labute approximate surface area is 279 Å². The number of carbonyl (C=O) groups excluding carboxylic acids is 5. The molecule has 232 valence electrons. The fourth-order valence-electron chi connectivity index (χ4n) is 4.58. The summed E-state index contributed by atoms with van der Waals surface area (Å²) in [4.78, 5) is 65.4. The second-order valence-corrected chi connectivity index (χ2v) is 12.2. The molecule has 0 bridgehead atoms. The van der Waals surface area contributed by atoms with Crippen LogP contribution in [0.2, 0.25) is 10.0 Å². The summed E-state index contributed by atoms with van der Waals surface area (Å²) < 4.78 is 0. The number of carbonyl (C=O) groups is 5. The van der Waals surface area contributed by atoms with Gasteiger partial charge in [0.25, 0.3) is 11.8 Å². The van der Waals surface area contributed by atoms with Crippen LogP contribution in [0.4, 0.5) is 17.1 Å². The van der Waals surface area contributed by atoms with Gasteiger partial charge in [-0.1, -0.05) is 47.5 Å². The lowest BCUT2D eigenvalue weighted by Gasteiger charge is -2.16. The van der Waals surface area contributed by atoms with E-state index in [1.807, 2.05) is 0 Å². The zero-order valence-corrected chi connectivity index (χ0v) is 26.6. The average molecular weight is 674 g/mol. The van der Waals surface area contributed by atoms with Gasteiger partial charge in [-0.25, -0.2) is 4.90 Å². The number of amides is 5. The maximum absolute atomic E-state index is 13.4. The molecule has 1 fully saturated rings. The van der Waals surface area contributed by atoms with Gasteiger partial charge in [0, 0.05) is 50.8 Å². The number of imide groups is 1. The van der Waals surface area contributed by atoms with E-state index in [-0.39, 0.29) is 29.8 Å². The predicted molar refractivity (Wildman–Crippen MR) is 181 cm³/mol. The Balaban J connectivity index is 1.28. The Morgan fingerprint density at radius 1 is 0.804 bits per heavy atom. The molecule has 0 aromatic heterocycles. The van der Waals surface area contributed by atoms with Crippen molar-refractivity contribution in [3.8, 4) is 0 Å². The number of hydrogen-bond donors (Lipinski definition) is 3. The smallest absolute Gasteiger partial charge is 0.272 e. The van der Waals surface area contributed by atoms with Gasteiger partial charge in [0.2, 0.25) is 17.7 Å². The average Bonchev–Trinajstić information content (AvgIpc) is 3.31. The number of hydrogen-bond acceptors (Lipinski definition) is 6. The normalized spacial score (nSPS) is 14.6. The Bertz CT molecular complexity index is 1830. The molecule has 5 amide bonds. The van der Waals surface area contributed by atoms with Crippen molar-refractivity contribution >= 4 is 87.6 Å². The molecule has 12 heteroatoms. The Morgan fingerprint density at radius 3 is 2.04 bits per heavy atom. The van der Waals surface area contributed by atoms with E-state index in [4.69, 9.17) is 23.2 Å². The molecule has 3 N–H and O–H groups in total. The van der Waals surface area contributed by atoms with Crippen LogP contribution in [-0.2, 0) is 19.2 Å². The zero-order chi connectivity index (χ0) is 32.8. The van der Waals surface area contributed by atoms with Gasteiger partial charge in [-0.2, -0.15) is 0 Å². The summed E-state index contributed by atoms with van der Waals surface area (Å²) in [5.74, 6) is -2.00. The highest BCUT2D eigenvalue weighted by molar-refractivity contribution is 8.00. The topological polar surface area (TPSA) is 125 Å². The number of thioether (sulfide) groups is 1. The first-order valence-corrected chi connectivity index (χ1v) is 15.6. The summed E-state index contributed by atoms with van der Waals surface area (Å²) in [6, 6.07) is 26.6. The van der Waals surface area contributed by atoms with Gasteiger partial charge in [-0.3, -0.25) is 24.0 Å². The van der Waals surface area contributed by atoms with Gasteiger partial charge in [0.1, 0.15) is 5.70 Å². The Hall–Kier alpha value is -4.90. The molecule has 0 radical (unpaired) electrons. The Kier molecular flexibility index (Phi) is 10.2. The van der Waals surface area contributed by atoms with Gasteiger partial charge >= 0.3 is 0 Å². The number of anilines is 3. The van der Waals surface area contributed by atoms with Gasteiger partial charge in [0.05, 0.1) is 10.9 Å². The molecule has 0 aliphatic carbocycles. The molecule has 0 spiro atoms. The minimum absolute atomic E-state index is 0.0231. The van der Waals surface area contributed by atoms with E-state index in [0.29, 0.717) is 43.1 Å². The first-order valence-electron chi connectivity index (χ1n) is 13.9. The molecule has 1 saturated heterocycles. The number of halogens is 2. The van der Waals surface area contributed by atoms with Crippen LogP contribution in [0, 0.1) is 0 Å². The van der Waals surface area contributed by atoms with Crippen LogP contribution in [0.25, 0.3) is 6.08 Å². The first-order chi connectivity index (χ1) is 22.1. The number of benzene rings is 4. The van der Waals surface area contributed by atoms with E-state index >= 15 is 0 Å². The third kappa shape index (κ3) is 7.84. The van der Waals surface area contributed by atoms with Gasteiger partial charge in [-0.15, -0.1) is 11.8 Å². The molecule has 4 aromatic carbocycles. The number of nitrogens with one attached hydrogen (secondary N) is 3. The fourth-order valence-corrected chi connectivity index (χ4v) is 6.14. The second kappa shape index (κ2) is 14.5. The highest BCUT2D eigenvalue weighted by Crippen LogP contribution is 2.35. The van der Waals surface area contributed by atoms with Crippen molar-refractivity contribution in [1.29, 1.82) is 0 Å². The van der Waals surface area contributed by atoms with Crippen LogP contribution >= 0.6 is 35.0 Å². The molecule has 46 heavy (non-hydrogen) atoms. The molecule has 0 saturated carbocycles. The van der Waals surface area contributed by atoms with Crippen LogP contribution in [-0.4, -0.2) is 34.8 Å². The Morgan fingerprint density at radius 2 is 1.41 bits per heavy atom. The van der Waals surface area contributed by atoms with Crippen molar-refractivity contribution in [2.75, 3.05) is 15.5 Å². The number of rotatable bonds is 9.